The van der Waals surface area contributed by atoms with Crippen LogP contribution in [0.5, 0.6) is 0 Å². The van der Waals surface area contributed by atoms with Gasteiger partial charge in [-0.1, -0.05) is 6.42 Å². The predicted octanol–water partition coefficient (Wildman–Crippen LogP) is 2.13. The molecule has 0 aromatic rings. The van der Waals surface area contributed by atoms with Crippen LogP contribution in [0.3, 0.4) is 0 Å². The second-order valence-corrected chi connectivity index (χ2v) is 2.71. The Balaban J connectivity index is -0.000000720. The number of unbranched alkanes of at least 4 members (excludes halogenated alkanes) is 2. The van der Waals surface area contributed by atoms with Gasteiger partial charge in [-0.15, -0.1) is 24.8 Å². The van der Waals surface area contributed by atoms with Crippen LogP contribution in [0.2, 0.25) is 0 Å². The minimum Gasteiger partial charge on any atom is -0.469 e. The molecule has 6 heteroatoms. The van der Waals surface area contributed by atoms with Crippen molar-refractivity contribution >= 4 is 36.8 Å². The summed E-state index contributed by atoms with van der Waals surface area (Å²) in [5, 5.41) is 0. The van der Waals surface area contributed by atoms with E-state index in [0.29, 0.717) is 12.8 Å². The molecule has 0 N–H and O–H groups in total. The van der Waals surface area contributed by atoms with Gasteiger partial charge >= 0.3 is 11.9 Å². The molecule has 0 aliphatic carbocycles. The van der Waals surface area contributed by atoms with E-state index in [-0.39, 0.29) is 36.8 Å². The van der Waals surface area contributed by atoms with Gasteiger partial charge in [0, 0.05) is 12.8 Å². The van der Waals surface area contributed by atoms with E-state index in [1.807, 2.05) is 0 Å². The van der Waals surface area contributed by atoms with Crippen molar-refractivity contribution in [3.05, 3.63) is 0 Å². The van der Waals surface area contributed by atoms with Crippen molar-refractivity contribution in [1.82, 2.24) is 0 Å². The Kier molecular flexibility index (Phi) is 18.0. The summed E-state index contributed by atoms with van der Waals surface area (Å²) in [5.74, 6) is -0.392. The highest BCUT2D eigenvalue weighted by atomic mass is 35.5. The molecule has 0 unspecified atom stereocenters. The van der Waals surface area contributed by atoms with Gasteiger partial charge in [-0.3, -0.25) is 9.59 Å². The zero-order valence-electron chi connectivity index (χ0n) is 8.99. The van der Waals surface area contributed by atoms with Crippen molar-refractivity contribution in [2.24, 2.45) is 0 Å². The van der Waals surface area contributed by atoms with E-state index in [9.17, 15) is 9.59 Å². The minimum atomic E-state index is -0.196. The first-order chi connectivity index (χ1) is 6.20. The van der Waals surface area contributed by atoms with E-state index < -0.39 is 0 Å². The van der Waals surface area contributed by atoms with Crippen LogP contribution >= 0.6 is 24.8 Å². The summed E-state index contributed by atoms with van der Waals surface area (Å²) < 4.78 is 8.94. The maximum absolute atomic E-state index is 10.7. The topological polar surface area (TPSA) is 52.6 Å². The highest BCUT2D eigenvalue weighted by molar-refractivity contribution is 5.85. The molecule has 0 aromatic carbocycles. The fourth-order valence-corrected chi connectivity index (χ4v) is 0.920. The molecule has 0 heterocycles. The van der Waals surface area contributed by atoms with E-state index in [1.165, 1.54) is 14.2 Å². The second-order valence-electron chi connectivity index (χ2n) is 2.71. The average Bonchev–Trinajstić information content (AvgIpc) is 2.16. The molecule has 0 bridgehead atoms. The number of carbonyl (C=O) groups is 2. The number of hydrogen-bond donors (Lipinski definition) is 0. The van der Waals surface area contributed by atoms with Gasteiger partial charge in [0.1, 0.15) is 0 Å². The molecule has 0 spiro atoms. The Morgan fingerprint density at radius 2 is 1.13 bits per heavy atom. The molecule has 0 atom stereocenters. The van der Waals surface area contributed by atoms with Crippen molar-refractivity contribution in [3.8, 4) is 0 Å². The molecule has 4 nitrogen and oxygen atoms in total. The van der Waals surface area contributed by atoms with Crippen molar-refractivity contribution < 1.29 is 19.1 Å². The molecule has 0 aliphatic rings. The smallest absolute Gasteiger partial charge is 0.305 e. The lowest BCUT2D eigenvalue weighted by Gasteiger charge is -1.99. The lowest BCUT2D eigenvalue weighted by Crippen LogP contribution is -2.01. The molecule has 0 fully saturated rings. The first-order valence-corrected chi connectivity index (χ1v) is 4.34. The van der Waals surface area contributed by atoms with Gasteiger partial charge in [-0.2, -0.15) is 0 Å². The lowest BCUT2D eigenvalue weighted by molar-refractivity contribution is -0.141. The molecule has 0 saturated carbocycles. The van der Waals surface area contributed by atoms with Crippen molar-refractivity contribution in [3.63, 3.8) is 0 Å². The van der Waals surface area contributed by atoms with Gasteiger partial charge in [-0.25, -0.2) is 0 Å². The zero-order chi connectivity index (χ0) is 10.1. The molecular formula is C9H18Cl2O4. The Morgan fingerprint density at radius 3 is 1.40 bits per heavy atom. The number of rotatable bonds is 6. The standard InChI is InChI=1S/C9H16O4.2ClH/c1-12-8(10)6-4-3-5-7-9(11)13-2;;/h3-7H2,1-2H3;2*1H. The predicted molar refractivity (Wildman–Crippen MR) is 61.6 cm³/mol. The van der Waals surface area contributed by atoms with Crippen molar-refractivity contribution in [2.75, 3.05) is 14.2 Å². The molecule has 0 saturated heterocycles. The molecule has 0 rings (SSSR count). The van der Waals surface area contributed by atoms with Crippen LogP contribution in [0.25, 0.3) is 0 Å². The van der Waals surface area contributed by atoms with Gasteiger partial charge in [0.15, 0.2) is 0 Å². The Morgan fingerprint density at radius 1 is 0.800 bits per heavy atom. The SMILES string of the molecule is COC(=O)CCCCCC(=O)OC.Cl.Cl. The van der Waals surface area contributed by atoms with Gasteiger partial charge in [0.05, 0.1) is 14.2 Å². The van der Waals surface area contributed by atoms with Crippen LogP contribution in [0.1, 0.15) is 32.1 Å². The number of halogens is 2. The molecule has 92 valence electrons. The molecular weight excluding hydrogens is 243 g/mol. The van der Waals surface area contributed by atoms with Crippen LogP contribution in [0.4, 0.5) is 0 Å². The van der Waals surface area contributed by atoms with E-state index in [2.05, 4.69) is 9.47 Å². The summed E-state index contributed by atoms with van der Waals surface area (Å²) in [7, 11) is 2.74. The molecule has 0 amide bonds. The maximum Gasteiger partial charge on any atom is 0.305 e. The number of hydrogen-bond acceptors (Lipinski definition) is 4. The van der Waals surface area contributed by atoms with E-state index in [0.717, 1.165) is 19.3 Å². The van der Waals surface area contributed by atoms with Gasteiger partial charge in [0.25, 0.3) is 0 Å². The van der Waals surface area contributed by atoms with Crippen LogP contribution in [-0.4, -0.2) is 26.2 Å². The third-order valence-corrected chi connectivity index (χ3v) is 1.72. The summed E-state index contributed by atoms with van der Waals surface area (Å²) in [4.78, 5) is 21.3. The van der Waals surface area contributed by atoms with Gasteiger partial charge < -0.3 is 9.47 Å². The monoisotopic (exact) mass is 260 g/mol. The maximum atomic E-state index is 10.7. The summed E-state index contributed by atoms with van der Waals surface area (Å²) >= 11 is 0. The Labute approximate surface area is 103 Å². The molecule has 0 aliphatic heterocycles. The van der Waals surface area contributed by atoms with Crippen LogP contribution in [0.15, 0.2) is 0 Å². The second kappa shape index (κ2) is 13.5. The Bertz CT molecular complexity index is 155. The van der Waals surface area contributed by atoms with E-state index in [1.54, 1.807) is 0 Å². The third kappa shape index (κ3) is 13.5. The quantitative estimate of drug-likeness (QED) is 0.543. The zero-order valence-corrected chi connectivity index (χ0v) is 10.6. The van der Waals surface area contributed by atoms with E-state index >= 15 is 0 Å². The number of ether oxygens (including phenoxy) is 2. The number of carbonyl (C=O) groups excluding carboxylic acids is 2. The largest absolute Gasteiger partial charge is 0.469 e. The normalized spacial score (nSPS) is 8.13. The Hall–Kier alpha value is -0.480. The lowest BCUT2D eigenvalue weighted by atomic mass is 10.1. The summed E-state index contributed by atoms with van der Waals surface area (Å²) in [6.45, 7) is 0. The summed E-state index contributed by atoms with van der Waals surface area (Å²) in [6.07, 6.45) is 3.24. The third-order valence-electron chi connectivity index (χ3n) is 1.72. The van der Waals surface area contributed by atoms with E-state index in [4.69, 9.17) is 0 Å². The van der Waals surface area contributed by atoms with Gasteiger partial charge in [-0.05, 0) is 12.8 Å². The van der Waals surface area contributed by atoms with Crippen molar-refractivity contribution in [2.45, 2.75) is 32.1 Å². The highest BCUT2D eigenvalue weighted by Gasteiger charge is 2.01. The fourth-order valence-electron chi connectivity index (χ4n) is 0.920. The highest BCUT2D eigenvalue weighted by Crippen LogP contribution is 2.04. The van der Waals surface area contributed by atoms with Crippen LogP contribution in [0, 0.1) is 0 Å². The average molecular weight is 261 g/mol. The fraction of sp³-hybridized carbons (Fsp3) is 0.778. The minimum absolute atomic E-state index is 0. The number of methoxy groups -OCH3 is 2. The molecule has 0 radical (unpaired) electrons. The van der Waals surface area contributed by atoms with Gasteiger partial charge in [0.2, 0.25) is 0 Å². The van der Waals surface area contributed by atoms with Crippen molar-refractivity contribution in [1.29, 1.82) is 0 Å². The first kappa shape index (κ1) is 20.0. The van der Waals surface area contributed by atoms with Crippen LogP contribution in [-0.2, 0) is 19.1 Å². The first-order valence-electron chi connectivity index (χ1n) is 4.34. The molecule has 0 aromatic heterocycles. The summed E-state index contributed by atoms with van der Waals surface area (Å²) in [6, 6.07) is 0. The molecule has 15 heavy (non-hydrogen) atoms. The number of esters is 2. The summed E-state index contributed by atoms with van der Waals surface area (Å²) in [5.41, 5.74) is 0. The van der Waals surface area contributed by atoms with Crippen LogP contribution < -0.4 is 0 Å².